The van der Waals surface area contributed by atoms with Crippen LogP contribution >= 0.6 is 7.82 Å². The number of phosphoric acid groups is 1. The van der Waals surface area contributed by atoms with Crippen LogP contribution in [0.1, 0.15) is 67.2 Å². The van der Waals surface area contributed by atoms with Crippen molar-refractivity contribution in [3.8, 4) is 0 Å². The molecule has 3 rings (SSSR count). The standard InChI is InChI=1S/C39H65N2O21P/c1-18(2)9-7-10-19(3)11-8-12-20(4)13-14-54-25(35(49)50)17-55-63(52,53)62-38-33(31(61-39(41)51)29(47)32(59-38)34(40)48)60-37-22(6)27(45)30(24(16-43)57-37)58-36-21(5)26(44)28(46)23(15-42)56-36/h9,11,13,21-33,36-38,42-47H,7-8,10,12,14-17H2,1-6H3,(H2,40,48)(H2,41,51)(H,49,50)(H,52,53)/p-2/b19-11+,20-13-/t21?,22?,23?,24?,25-,26+,27+,28+,29+,30+,31-,32?,33?,36-,37-,38+/m0/s1. The van der Waals surface area contributed by atoms with Gasteiger partial charge in [0.25, 0.3) is 7.82 Å². The van der Waals surface area contributed by atoms with Crippen molar-refractivity contribution in [2.24, 2.45) is 23.3 Å². The summed E-state index contributed by atoms with van der Waals surface area (Å²) in [5, 5.41) is 74.9. The number of allylic oxidation sites excluding steroid dienone is 5. The fourth-order valence-electron chi connectivity index (χ4n) is 6.91. The van der Waals surface area contributed by atoms with Crippen molar-refractivity contribution in [3.63, 3.8) is 0 Å². The average molecular weight is 927 g/mol. The van der Waals surface area contributed by atoms with Crippen molar-refractivity contribution < 1.29 is 102 Å². The van der Waals surface area contributed by atoms with Gasteiger partial charge in [0.1, 0.15) is 36.6 Å². The number of rotatable bonds is 23. The van der Waals surface area contributed by atoms with Gasteiger partial charge in [-0.05, 0) is 53.4 Å². The van der Waals surface area contributed by atoms with Crippen LogP contribution in [0.5, 0.6) is 0 Å². The first-order valence-electron chi connectivity index (χ1n) is 20.4. The van der Waals surface area contributed by atoms with Crippen LogP contribution < -0.4 is 21.5 Å². The van der Waals surface area contributed by atoms with Crippen LogP contribution in [-0.2, 0) is 56.4 Å². The maximum Gasteiger partial charge on any atom is 0.404 e. The molecule has 17 atom stereocenters. The number of carboxylic acid groups (broad SMARTS) is 1. The van der Waals surface area contributed by atoms with Gasteiger partial charge in [0, 0.05) is 11.8 Å². The molecule has 2 amide bonds. The summed E-state index contributed by atoms with van der Waals surface area (Å²) in [6, 6.07) is 0. The molecule has 3 saturated heterocycles. The van der Waals surface area contributed by atoms with Crippen LogP contribution in [0.4, 0.5) is 4.79 Å². The van der Waals surface area contributed by atoms with Gasteiger partial charge in [-0.25, -0.2) is 4.79 Å². The fourth-order valence-corrected chi connectivity index (χ4v) is 7.72. The molecule has 3 aliphatic rings. The Hall–Kier alpha value is -2.94. The zero-order valence-corrected chi connectivity index (χ0v) is 36.9. The highest BCUT2D eigenvalue weighted by molar-refractivity contribution is 7.45. The van der Waals surface area contributed by atoms with Gasteiger partial charge in [-0.1, -0.05) is 48.8 Å². The Balaban J connectivity index is 1.77. The van der Waals surface area contributed by atoms with E-state index in [1.165, 1.54) is 25.0 Å². The van der Waals surface area contributed by atoms with Crippen molar-refractivity contribution in [1.29, 1.82) is 0 Å². The Morgan fingerprint density at radius 2 is 1.30 bits per heavy atom. The third kappa shape index (κ3) is 15.9. The molecule has 0 radical (unpaired) electrons. The molecule has 3 aliphatic heterocycles. The molecule has 3 fully saturated rings. The molecule has 3 heterocycles. The van der Waals surface area contributed by atoms with Gasteiger partial charge in [0.2, 0.25) is 5.91 Å². The van der Waals surface area contributed by atoms with E-state index in [0.29, 0.717) is 6.42 Å². The molecule has 0 saturated carbocycles. The molecule has 10 N–H and O–H groups in total. The smallest absolute Gasteiger partial charge is 0.404 e. The number of primary amides is 2. The predicted octanol–water partition coefficient (Wildman–Crippen LogP) is -2.36. The van der Waals surface area contributed by atoms with Gasteiger partial charge >= 0.3 is 6.09 Å². The average Bonchev–Trinajstić information content (AvgIpc) is 3.20. The van der Waals surface area contributed by atoms with E-state index in [-0.39, 0.29) is 6.61 Å². The first kappa shape index (κ1) is 54.4. The predicted molar refractivity (Wildman–Crippen MR) is 211 cm³/mol. The third-order valence-electron chi connectivity index (χ3n) is 10.7. The Bertz CT molecular complexity index is 1640. The van der Waals surface area contributed by atoms with Crippen LogP contribution in [-0.4, -0.2) is 161 Å². The van der Waals surface area contributed by atoms with E-state index in [1.807, 2.05) is 27.7 Å². The minimum Gasteiger partial charge on any atom is -0.756 e. The van der Waals surface area contributed by atoms with Gasteiger partial charge in [-0.3, -0.25) is 13.9 Å². The highest BCUT2D eigenvalue weighted by Crippen LogP contribution is 2.44. The van der Waals surface area contributed by atoms with Crippen molar-refractivity contribution in [2.75, 3.05) is 26.4 Å². The van der Waals surface area contributed by atoms with E-state index in [0.717, 1.165) is 24.8 Å². The van der Waals surface area contributed by atoms with Crippen LogP contribution in [0.2, 0.25) is 0 Å². The minimum atomic E-state index is -5.75. The van der Waals surface area contributed by atoms with Crippen molar-refractivity contribution in [3.05, 3.63) is 34.9 Å². The summed E-state index contributed by atoms with van der Waals surface area (Å²) in [5.41, 5.74) is 13.9. The van der Waals surface area contributed by atoms with Gasteiger partial charge < -0.3 is 94.6 Å². The molecule has 362 valence electrons. The maximum absolute atomic E-state index is 13.2. The van der Waals surface area contributed by atoms with Gasteiger partial charge in [0.15, 0.2) is 37.2 Å². The molecular formula is C39H63N2O21P-2. The van der Waals surface area contributed by atoms with Crippen LogP contribution in [0, 0.1) is 11.8 Å². The monoisotopic (exact) mass is 926 g/mol. The summed E-state index contributed by atoms with van der Waals surface area (Å²) < 4.78 is 62.0. The lowest BCUT2D eigenvalue weighted by molar-refractivity contribution is -0.370. The topological polar surface area (TPSA) is 371 Å². The van der Waals surface area contributed by atoms with Crippen LogP contribution in [0.3, 0.4) is 0 Å². The van der Waals surface area contributed by atoms with Gasteiger partial charge in [-0.2, -0.15) is 0 Å². The van der Waals surface area contributed by atoms with E-state index in [9.17, 15) is 59.6 Å². The van der Waals surface area contributed by atoms with Crippen LogP contribution in [0.15, 0.2) is 34.9 Å². The molecule has 0 aromatic rings. The number of nitrogens with two attached hydrogens (primary N) is 2. The second-order valence-corrected chi connectivity index (χ2v) is 17.4. The summed E-state index contributed by atoms with van der Waals surface area (Å²) >= 11 is 0. The third-order valence-corrected chi connectivity index (χ3v) is 11.6. The van der Waals surface area contributed by atoms with E-state index in [1.54, 1.807) is 6.08 Å². The molecule has 63 heavy (non-hydrogen) atoms. The largest absolute Gasteiger partial charge is 0.756 e. The fraction of sp³-hybridized carbons (Fsp3) is 0.769. The van der Waals surface area contributed by atoms with E-state index in [2.05, 4.69) is 12.2 Å². The highest BCUT2D eigenvalue weighted by Gasteiger charge is 2.55. The molecule has 23 nitrogen and oxygen atoms in total. The number of carbonyl (C=O) groups excluding carboxylic acids is 3. The van der Waals surface area contributed by atoms with Crippen molar-refractivity contribution >= 4 is 25.8 Å². The zero-order valence-electron chi connectivity index (χ0n) is 36.0. The summed E-state index contributed by atoms with van der Waals surface area (Å²) in [7, 11) is -5.75. The normalized spacial score (nSPS) is 35.6. The lowest BCUT2D eigenvalue weighted by Gasteiger charge is -2.49. The SMILES string of the molecule is CC(C)=CCC/C(C)=C/CC/C(C)=C\CO[C@@H](COP(=O)([O-])O[C@H]1OC(C(N)=O)[C@H](O)[C@H](OC(N)=O)C1O[C@@H]1OC(CO)[C@@H](O[C@@H]2OC(CO)[C@@H](O)[C@H](O)C2C)[C@H](O)C1C)C(=O)[O-]. The lowest BCUT2D eigenvalue weighted by Crippen LogP contribution is -2.66. The number of aliphatic hydroxyl groups excluding tert-OH is 6. The number of carboxylic acids is 1. The summed E-state index contributed by atoms with van der Waals surface area (Å²) in [5.74, 6) is -5.37. The highest BCUT2D eigenvalue weighted by atomic mass is 31.2. The number of amides is 2. The van der Waals surface area contributed by atoms with Crippen LogP contribution in [0.25, 0.3) is 0 Å². The first-order valence-corrected chi connectivity index (χ1v) is 21.9. The Morgan fingerprint density at radius 1 is 0.746 bits per heavy atom. The second-order valence-electron chi connectivity index (χ2n) is 16.0. The number of aliphatic hydroxyl groups is 6. The lowest BCUT2D eigenvalue weighted by atomic mass is 9.90. The van der Waals surface area contributed by atoms with Crippen molar-refractivity contribution in [2.45, 2.75) is 153 Å². The molecule has 0 aromatic heterocycles. The molecule has 0 aromatic carbocycles. The number of carbonyl (C=O) groups is 3. The maximum atomic E-state index is 13.2. The Labute approximate surface area is 365 Å². The zero-order chi connectivity index (χ0) is 47.3. The Kier molecular flexibility index (Phi) is 21.7. The number of ether oxygens (including phenoxy) is 7. The summed E-state index contributed by atoms with van der Waals surface area (Å²) in [6.45, 7) is 7.69. The second kappa shape index (κ2) is 25.1. The van der Waals surface area contributed by atoms with E-state index in [4.69, 9.17) is 53.7 Å². The molecule has 0 spiro atoms. The van der Waals surface area contributed by atoms with Gasteiger partial charge in [0.05, 0.1) is 44.6 Å². The minimum absolute atomic E-state index is 0.264. The number of aliphatic carboxylic acids is 1. The number of hydrogen-bond donors (Lipinski definition) is 8. The Morgan fingerprint density at radius 3 is 1.86 bits per heavy atom. The first-order chi connectivity index (χ1) is 29.5. The number of hydrogen-bond acceptors (Lipinski definition) is 21. The molecule has 0 bridgehead atoms. The van der Waals surface area contributed by atoms with E-state index >= 15 is 0 Å². The number of phosphoric ester groups is 1. The quantitative estimate of drug-likeness (QED) is 0.0392. The molecule has 0 aliphatic carbocycles. The summed E-state index contributed by atoms with van der Waals surface area (Å²) in [6.07, 6.45) is -17.2. The molecule has 24 heteroatoms. The molecular weight excluding hydrogens is 863 g/mol. The van der Waals surface area contributed by atoms with Crippen molar-refractivity contribution in [1.82, 2.24) is 0 Å². The molecule has 7 unspecified atom stereocenters. The summed E-state index contributed by atoms with van der Waals surface area (Å²) in [4.78, 5) is 49.4. The van der Waals surface area contributed by atoms with E-state index < -0.39 is 143 Å². The van der Waals surface area contributed by atoms with Gasteiger partial charge in [-0.15, -0.1) is 0 Å².